The number of nitrogens with zero attached hydrogens (tertiary/aromatic N) is 1. The van der Waals surface area contributed by atoms with Crippen LogP contribution in [0.1, 0.15) is 70.6 Å². The maximum absolute atomic E-state index is 12.4. The third-order valence-electron chi connectivity index (χ3n) is 6.74. The molecule has 0 spiro atoms. The van der Waals surface area contributed by atoms with Crippen molar-refractivity contribution in [1.29, 1.82) is 0 Å². The lowest BCUT2D eigenvalue weighted by molar-refractivity contribution is -0.132. The highest BCUT2D eigenvalue weighted by molar-refractivity contribution is 5.79. The molecule has 0 aromatic heterocycles. The van der Waals surface area contributed by atoms with Crippen molar-refractivity contribution >= 4 is 11.8 Å². The molecule has 29 heavy (non-hydrogen) atoms. The van der Waals surface area contributed by atoms with Gasteiger partial charge in [0.1, 0.15) is 6.10 Å². The summed E-state index contributed by atoms with van der Waals surface area (Å²) in [7, 11) is 0. The molecule has 0 bridgehead atoms. The number of amides is 2. The van der Waals surface area contributed by atoms with Crippen LogP contribution in [0.25, 0.3) is 0 Å². The van der Waals surface area contributed by atoms with E-state index >= 15 is 0 Å². The standard InChI is InChI=1S/C22H39N3O4/c26-16-20-19(24-22(28)17-6-2-3-7-17)9-8-18(29-20)10-12-23-21(27)11-15-25-13-4-1-5-14-25/h17-20,26H,1-16H2,(H,23,27)(H,24,28)/t18-,19-,20+/m0/s1. The molecule has 0 radical (unpaired) electrons. The monoisotopic (exact) mass is 409 g/mol. The number of carbonyl (C=O) groups is 2. The number of carbonyl (C=O) groups excluding carboxylic acids is 2. The molecule has 0 unspecified atom stereocenters. The Balaban J connectivity index is 1.30. The number of likely N-dealkylation sites (tertiary alicyclic amines) is 1. The van der Waals surface area contributed by atoms with E-state index in [1.54, 1.807) is 0 Å². The number of hydrogen-bond donors (Lipinski definition) is 3. The summed E-state index contributed by atoms with van der Waals surface area (Å²) in [5.74, 6) is 0.355. The topological polar surface area (TPSA) is 90.9 Å². The molecule has 1 aliphatic carbocycles. The van der Waals surface area contributed by atoms with Gasteiger partial charge in [-0.2, -0.15) is 0 Å². The highest BCUT2D eigenvalue weighted by atomic mass is 16.5. The van der Waals surface area contributed by atoms with Crippen molar-refractivity contribution < 1.29 is 19.4 Å². The van der Waals surface area contributed by atoms with Gasteiger partial charge < -0.3 is 25.4 Å². The Morgan fingerprint density at radius 2 is 1.76 bits per heavy atom. The van der Waals surface area contributed by atoms with Crippen LogP contribution in [0, 0.1) is 5.92 Å². The van der Waals surface area contributed by atoms with Gasteiger partial charge >= 0.3 is 0 Å². The quantitative estimate of drug-likeness (QED) is 0.538. The maximum atomic E-state index is 12.4. The second kappa shape index (κ2) is 11.9. The molecule has 3 atom stereocenters. The van der Waals surface area contributed by atoms with E-state index in [9.17, 15) is 14.7 Å². The molecule has 2 aliphatic heterocycles. The van der Waals surface area contributed by atoms with E-state index in [1.807, 2.05) is 0 Å². The molecular formula is C22H39N3O4. The molecule has 3 N–H and O–H groups in total. The van der Waals surface area contributed by atoms with Gasteiger partial charge in [-0.1, -0.05) is 19.3 Å². The first-order chi connectivity index (χ1) is 14.2. The Morgan fingerprint density at radius 1 is 1.00 bits per heavy atom. The predicted octanol–water partition coefficient (Wildman–Crippen LogP) is 1.58. The number of nitrogens with one attached hydrogen (secondary N) is 2. The second-order valence-corrected chi connectivity index (χ2v) is 8.94. The van der Waals surface area contributed by atoms with Crippen molar-refractivity contribution in [2.45, 2.75) is 88.9 Å². The van der Waals surface area contributed by atoms with Crippen LogP contribution in [0.2, 0.25) is 0 Å². The molecular weight excluding hydrogens is 370 g/mol. The molecule has 3 aliphatic rings. The van der Waals surface area contributed by atoms with E-state index in [2.05, 4.69) is 15.5 Å². The summed E-state index contributed by atoms with van der Waals surface area (Å²) in [6, 6.07) is -0.108. The molecule has 7 nitrogen and oxygen atoms in total. The number of ether oxygens (including phenoxy) is 1. The van der Waals surface area contributed by atoms with Gasteiger partial charge in [-0.15, -0.1) is 0 Å². The first-order valence-electron chi connectivity index (χ1n) is 11.7. The number of rotatable bonds is 9. The molecule has 2 amide bonds. The lowest BCUT2D eigenvalue weighted by atomic mass is 9.96. The Hall–Kier alpha value is -1.18. The van der Waals surface area contributed by atoms with Crippen molar-refractivity contribution in [3.05, 3.63) is 0 Å². The van der Waals surface area contributed by atoms with Gasteiger partial charge in [0.25, 0.3) is 0 Å². The normalized spacial score (nSPS) is 28.9. The number of piperidine rings is 1. The molecule has 7 heteroatoms. The fourth-order valence-corrected chi connectivity index (χ4v) is 4.90. The first kappa shape index (κ1) is 22.5. The number of aliphatic hydroxyl groups is 1. The van der Waals surface area contributed by atoms with Gasteiger partial charge in [-0.3, -0.25) is 9.59 Å². The zero-order valence-corrected chi connectivity index (χ0v) is 17.7. The molecule has 0 aromatic rings. The van der Waals surface area contributed by atoms with E-state index in [0.717, 1.165) is 64.6 Å². The van der Waals surface area contributed by atoms with E-state index < -0.39 is 0 Å². The van der Waals surface area contributed by atoms with Gasteiger partial charge in [0, 0.05) is 25.4 Å². The largest absolute Gasteiger partial charge is 0.394 e. The smallest absolute Gasteiger partial charge is 0.223 e. The minimum Gasteiger partial charge on any atom is -0.394 e. The molecule has 2 heterocycles. The Morgan fingerprint density at radius 3 is 2.48 bits per heavy atom. The first-order valence-corrected chi connectivity index (χ1v) is 11.7. The maximum Gasteiger partial charge on any atom is 0.223 e. The summed E-state index contributed by atoms with van der Waals surface area (Å²) in [5, 5.41) is 15.8. The summed E-state index contributed by atoms with van der Waals surface area (Å²) < 4.78 is 6.02. The molecule has 3 fully saturated rings. The molecule has 0 aromatic carbocycles. The van der Waals surface area contributed by atoms with Crippen LogP contribution in [0.3, 0.4) is 0 Å². The Labute approximate surface area is 174 Å². The van der Waals surface area contributed by atoms with Crippen LogP contribution >= 0.6 is 0 Å². The van der Waals surface area contributed by atoms with E-state index in [4.69, 9.17) is 4.74 Å². The molecule has 1 saturated carbocycles. The van der Waals surface area contributed by atoms with E-state index in [0.29, 0.717) is 13.0 Å². The predicted molar refractivity (Wildman–Crippen MR) is 111 cm³/mol. The summed E-state index contributed by atoms with van der Waals surface area (Å²) in [6.45, 7) is 3.59. The minimum atomic E-state index is -0.353. The van der Waals surface area contributed by atoms with Crippen molar-refractivity contribution in [2.24, 2.45) is 5.92 Å². The van der Waals surface area contributed by atoms with E-state index in [1.165, 1.54) is 19.3 Å². The van der Waals surface area contributed by atoms with Crippen molar-refractivity contribution in [2.75, 3.05) is 32.8 Å². The average molecular weight is 410 g/mol. The summed E-state index contributed by atoms with van der Waals surface area (Å²) in [5.41, 5.74) is 0. The zero-order chi connectivity index (χ0) is 20.5. The highest BCUT2D eigenvalue weighted by Gasteiger charge is 2.33. The third-order valence-corrected chi connectivity index (χ3v) is 6.74. The fourth-order valence-electron chi connectivity index (χ4n) is 4.90. The van der Waals surface area contributed by atoms with Gasteiger partial charge in [0.2, 0.25) is 11.8 Å². The van der Waals surface area contributed by atoms with Crippen molar-refractivity contribution in [1.82, 2.24) is 15.5 Å². The van der Waals surface area contributed by atoms with Crippen LogP contribution in [-0.2, 0) is 14.3 Å². The molecule has 2 saturated heterocycles. The van der Waals surface area contributed by atoms with E-state index in [-0.39, 0.29) is 42.6 Å². The zero-order valence-electron chi connectivity index (χ0n) is 17.7. The lowest BCUT2D eigenvalue weighted by Crippen LogP contribution is -2.52. The summed E-state index contributed by atoms with van der Waals surface area (Å²) in [6.07, 6.45) is 10.6. The SMILES string of the molecule is O=C(CCN1CCCCC1)NCC[C@@H]1CC[C@H](NC(=O)C2CCCC2)[C@@H](CO)O1. The molecule has 166 valence electrons. The van der Waals surface area contributed by atoms with Crippen LogP contribution in [-0.4, -0.2) is 72.9 Å². The fraction of sp³-hybridized carbons (Fsp3) is 0.909. The van der Waals surface area contributed by atoms with Gasteiger partial charge in [-0.05, 0) is 58.0 Å². The summed E-state index contributed by atoms with van der Waals surface area (Å²) in [4.78, 5) is 26.8. The van der Waals surface area contributed by atoms with Gasteiger partial charge in [0.15, 0.2) is 0 Å². The Kier molecular flexibility index (Phi) is 9.21. The van der Waals surface area contributed by atoms with Crippen LogP contribution in [0.5, 0.6) is 0 Å². The third kappa shape index (κ3) is 7.23. The number of aliphatic hydroxyl groups excluding tert-OH is 1. The van der Waals surface area contributed by atoms with Crippen LogP contribution in [0.4, 0.5) is 0 Å². The van der Waals surface area contributed by atoms with Gasteiger partial charge in [-0.25, -0.2) is 0 Å². The van der Waals surface area contributed by atoms with Crippen molar-refractivity contribution in [3.63, 3.8) is 0 Å². The van der Waals surface area contributed by atoms with Crippen LogP contribution < -0.4 is 10.6 Å². The lowest BCUT2D eigenvalue weighted by Gasteiger charge is -2.36. The average Bonchev–Trinajstić information content (AvgIpc) is 3.29. The highest BCUT2D eigenvalue weighted by Crippen LogP contribution is 2.26. The second-order valence-electron chi connectivity index (χ2n) is 8.94. The molecule has 3 rings (SSSR count). The van der Waals surface area contributed by atoms with Crippen LogP contribution in [0.15, 0.2) is 0 Å². The van der Waals surface area contributed by atoms with Gasteiger partial charge in [0.05, 0.1) is 18.8 Å². The number of hydrogen-bond acceptors (Lipinski definition) is 5. The minimum absolute atomic E-state index is 0.0224. The summed E-state index contributed by atoms with van der Waals surface area (Å²) >= 11 is 0. The Bertz CT molecular complexity index is 518. The van der Waals surface area contributed by atoms with Crippen molar-refractivity contribution in [3.8, 4) is 0 Å².